The van der Waals surface area contributed by atoms with E-state index in [0.717, 1.165) is 10.6 Å². The van der Waals surface area contributed by atoms with Gasteiger partial charge >= 0.3 is 0 Å². The van der Waals surface area contributed by atoms with Gasteiger partial charge in [-0.3, -0.25) is 0 Å². The summed E-state index contributed by atoms with van der Waals surface area (Å²) in [7, 11) is 0. The fraction of sp³-hybridized carbons (Fsp3) is 0.167. The van der Waals surface area contributed by atoms with E-state index < -0.39 is 0 Å². The van der Waals surface area contributed by atoms with E-state index in [-0.39, 0.29) is 0 Å². The van der Waals surface area contributed by atoms with Gasteiger partial charge in [0.1, 0.15) is 11.4 Å². The molecule has 1 aromatic carbocycles. The first-order valence-electron chi connectivity index (χ1n) is 5.09. The van der Waals surface area contributed by atoms with Crippen molar-refractivity contribution in [2.75, 3.05) is 12.0 Å². The minimum atomic E-state index is 0.500. The third-order valence-electron chi connectivity index (χ3n) is 2.21. The number of rotatable bonds is 3. The zero-order valence-electron chi connectivity index (χ0n) is 9.68. The van der Waals surface area contributed by atoms with Crippen molar-refractivity contribution in [2.24, 2.45) is 0 Å². The number of aryl methyl sites for hydroxylation is 1. The summed E-state index contributed by atoms with van der Waals surface area (Å²) >= 11 is 1.54. The Morgan fingerprint density at radius 3 is 2.76 bits per heavy atom. The van der Waals surface area contributed by atoms with Gasteiger partial charge in [0.15, 0.2) is 5.75 Å². The molecule has 0 bridgehead atoms. The van der Waals surface area contributed by atoms with Gasteiger partial charge in [0.25, 0.3) is 0 Å². The first-order chi connectivity index (χ1) is 8.19. The second-order valence-electron chi connectivity index (χ2n) is 3.54. The molecule has 0 saturated heterocycles. The number of nitrogens with zero attached hydrogens (tertiary/aromatic N) is 2. The van der Waals surface area contributed by atoms with Crippen molar-refractivity contribution in [3.8, 4) is 11.6 Å². The van der Waals surface area contributed by atoms with E-state index in [4.69, 9.17) is 10.5 Å². The zero-order valence-corrected chi connectivity index (χ0v) is 10.5. The number of nitrogen functional groups attached to an aromatic ring is 1. The molecule has 2 aromatic rings. The molecule has 4 nitrogen and oxygen atoms in total. The van der Waals surface area contributed by atoms with Crippen LogP contribution in [0.1, 0.15) is 5.56 Å². The minimum absolute atomic E-state index is 0.500. The maximum atomic E-state index is 5.87. The van der Waals surface area contributed by atoms with Crippen LogP contribution in [-0.2, 0) is 0 Å². The van der Waals surface area contributed by atoms with Gasteiger partial charge in [0, 0.05) is 6.07 Å². The summed E-state index contributed by atoms with van der Waals surface area (Å²) in [6, 6.07) is 7.43. The molecule has 0 saturated carbocycles. The largest absolute Gasteiger partial charge is 0.437 e. The fourth-order valence-electron chi connectivity index (χ4n) is 1.36. The number of benzene rings is 1. The smallest absolute Gasteiger partial charge is 0.223 e. The van der Waals surface area contributed by atoms with E-state index in [0.29, 0.717) is 17.3 Å². The lowest BCUT2D eigenvalue weighted by Crippen LogP contribution is -1.95. The van der Waals surface area contributed by atoms with Crippen molar-refractivity contribution >= 4 is 17.4 Å². The predicted molar refractivity (Wildman–Crippen MR) is 69.5 cm³/mol. The van der Waals surface area contributed by atoms with Crippen LogP contribution in [0.3, 0.4) is 0 Å². The highest BCUT2D eigenvalue weighted by atomic mass is 32.2. The van der Waals surface area contributed by atoms with Crippen LogP contribution in [0.4, 0.5) is 5.69 Å². The maximum Gasteiger partial charge on any atom is 0.223 e. The van der Waals surface area contributed by atoms with Crippen molar-refractivity contribution in [1.29, 1.82) is 0 Å². The number of ether oxygens (including phenoxy) is 1. The second-order valence-corrected chi connectivity index (χ2v) is 4.37. The van der Waals surface area contributed by atoms with Crippen LogP contribution in [0.5, 0.6) is 11.6 Å². The Kier molecular flexibility index (Phi) is 3.49. The highest BCUT2D eigenvalue weighted by molar-refractivity contribution is 7.98. The average molecular weight is 247 g/mol. The van der Waals surface area contributed by atoms with Crippen LogP contribution in [0.15, 0.2) is 35.6 Å². The standard InChI is InChI=1S/C12H13N3OS/c1-8-3-4-10(9(13)5-8)16-11-6-12(17-2)15-7-14-11/h3-7H,13H2,1-2H3. The van der Waals surface area contributed by atoms with E-state index in [1.807, 2.05) is 31.4 Å². The second kappa shape index (κ2) is 5.05. The lowest BCUT2D eigenvalue weighted by molar-refractivity contribution is 0.461. The molecule has 1 aromatic heterocycles. The van der Waals surface area contributed by atoms with Crippen LogP contribution < -0.4 is 10.5 Å². The molecular formula is C12H13N3OS. The summed E-state index contributed by atoms with van der Waals surface area (Å²) in [5.74, 6) is 1.11. The van der Waals surface area contributed by atoms with Crippen molar-refractivity contribution in [3.05, 3.63) is 36.2 Å². The maximum absolute atomic E-state index is 5.87. The predicted octanol–water partition coefficient (Wildman–Crippen LogP) is 2.88. The van der Waals surface area contributed by atoms with Crippen LogP contribution >= 0.6 is 11.8 Å². The summed E-state index contributed by atoms with van der Waals surface area (Å²) in [6.45, 7) is 1.98. The van der Waals surface area contributed by atoms with Gasteiger partial charge in [-0.05, 0) is 30.9 Å². The van der Waals surface area contributed by atoms with Crippen molar-refractivity contribution in [3.63, 3.8) is 0 Å². The monoisotopic (exact) mass is 247 g/mol. The Balaban J connectivity index is 2.25. The average Bonchev–Trinajstić information content (AvgIpc) is 2.33. The molecule has 1 heterocycles. The molecule has 0 fully saturated rings. The highest BCUT2D eigenvalue weighted by Crippen LogP contribution is 2.27. The lowest BCUT2D eigenvalue weighted by Gasteiger charge is -2.08. The fourth-order valence-corrected chi connectivity index (χ4v) is 1.73. The molecule has 0 radical (unpaired) electrons. The molecule has 0 unspecified atom stereocenters. The molecule has 88 valence electrons. The van der Waals surface area contributed by atoms with Gasteiger partial charge in [-0.15, -0.1) is 11.8 Å². The lowest BCUT2D eigenvalue weighted by atomic mass is 10.2. The Labute approximate surface area is 104 Å². The van der Waals surface area contributed by atoms with Gasteiger partial charge in [-0.1, -0.05) is 6.07 Å². The van der Waals surface area contributed by atoms with Crippen molar-refractivity contribution < 1.29 is 4.74 Å². The molecule has 0 aliphatic heterocycles. The Bertz CT molecular complexity index is 531. The quantitative estimate of drug-likeness (QED) is 0.513. The summed E-state index contributed by atoms with van der Waals surface area (Å²) in [4.78, 5) is 8.12. The van der Waals surface area contributed by atoms with Crippen LogP contribution in [-0.4, -0.2) is 16.2 Å². The van der Waals surface area contributed by atoms with Gasteiger partial charge in [-0.2, -0.15) is 0 Å². The summed E-state index contributed by atoms with van der Waals surface area (Å²) in [5.41, 5.74) is 7.57. The molecule has 0 amide bonds. The normalized spacial score (nSPS) is 10.2. The van der Waals surface area contributed by atoms with E-state index in [1.165, 1.54) is 18.1 Å². The molecule has 17 heavy (non-hydrogen) atoms. The third kappa shape index (κ3) is 2.88. The SMILES string of the molecule is CSc1cc(Oc2ccc(C)cc2N)ncn1. The van der Waals surface area contributed by atoms with Crippen molar-refractivity contribution in [1.82, 2.24) is 9.97 Å². The first kappa shape index (κ1) is 11.7. The molecular weight excluding hydrogens is 234 g/mol. The van der Waals surface area contributed by atoms with Crippen LogP contribution in [0.25, 0.3) is 0 Å². The third-order valence-corrected chi connectivity index (χ3v) is 2.85. The molecule has 2 N–H and O–H groups in total. The number of hydrogen-bond donors (Lipinski definition) is 1. The molecule has 0 atom stereocenters. The highest BCUT2D eigenvalue weighted by Gasteiger charge is 2.04. The molecule has 0 aliphatic rings. The summed E-state index contributed by atoms with van der Waals surface area (Å²) in [5, 5.41) is 0.862. The topological polar surface area (TPSA) is 61.0 Å². The Morgan fingerprint density at radius 1 is 1.24 bits per heavy atom. The van der Waals surface area contributed by atoms with Gasteiger partial charge in [-0.25, -0.2) is 9.97 Å². The van der Waals surface area contributed by atoms with E-state index >= 15 is 0 Å². The van der Waals surface area contributed by atoms with Gasteiger partial charge in [0.2, 0.25) is 5.88 Å². The van der Waals surface area contributed by atoms with E-state index in [9.17, 15) is 0 Å². The summed E-state index contributed by atoms with van der Waals surface area (Å²) in [6.07, 6.45) is 3.43. The molecule has 5 heteroatoms. The van der Waals surface area contributed by atoms with Crippen LogP contribution in [0, 0.1) is 6.92 Å². The van der Waals surface area contributed by atoms with Crippen molar-refractivity contribution in [2.45, 2.75) is 11.9 Å². The number of nitrogens with two attached hydrogens (primary N) is 1. The molecule has 2 rings (SSSR count). The first-order valence-corrected chi connectivity index (χ1v) is 6.31. The van der Waals surface area contributed by atoms with Gasteiger partial charge in [0.05, 0.1) is 5.69 Å². The van der Waals surface area contributed by atoms with E-state index in [1.54, 1.807) is 6.07 Å². The van der Waals surface area contributed by atoms with Crippen LogP contribution in [0.2, 0.25) is 0 Å². The molecule has 0 spiro atoms. The number of hydrogen-bond acceptors (Lipinski definition) is 5. The minimum Gasteiger partial charge on any atom is -0.437 e. The summed E-state index contributed by atoms with van der Waals surface area (Å²) < 4.78 is 5.62. The number of thioether (sulfide) groups is 1. The number of aromatic nitrogens is 2. The van der Waals surface area contributed by atoms with Gasteiger partial charge < -0.3 is 10.5 Å². The Morgan fingerprint density at radius 2 is 2.06 bits per heavy atom. The Hall–Kier alpha value is -1.75. The zero-order chi connectivity index (χ0) is 12.3. The number of anilines is 1. The van der Waals surface area contributed by atoms with E-state index in [2.05, 4.69) is 9.97 Å². The molecule has 0 aliphatic carbocycles.